The van der Waals surface area contributed by atoms with E-state index in [2.05, 4.69) is 213 Å². The van der Waals surface area contributed by atoms with Crippen LogP contribution in [-0.4, -0.2) is 13.8 Å². The van der Waals surface area contributed by atoms with Crippen LogP contribution in [0.15, 0.2) is 158 Å². The fourth-order valence-corrected chi connectivity index (χ4v) is 10.6. The van der Waals surface area contributed by atoms with E-state index in [0.29, 0.717) is 0 Å². The molecule has 0 unspecified atom stereocenters. The summed E-state index contributed by atoms with van der Waals surface area (Å²) in [4.78, 5) is 8.40. The summed E-state index contributed by atoms with van der Waals surface area (Å²) in [6, 6.07) is 58.8. The van der Waals surface area contributed by atoms with Crippen LogP contribution >= 0.6 is 0 Å². The Morgan fingerprint density at radius 1 is 0.410 bits per heavy atom. The van der Waals surface area contributed by atoms with E-state index in [-0.39, 0.29) is 10.8 Å². The molecule has 0 saturated heterocycles. The maximum absolute atomic E-state index is 5.95. The number of nitrogens with zero attached hydrogens (tertiary/aromatic N) is 4. The molecule has 0 aliphatic rings. The Hall–Kier alpha value is -7.17. The Morgan fingerprint density at radius 2 is 0.967 bits per heavy atom. The number of para-hydroxylation sites is 2. The lowest BCUT2D eigenvalue weighted by Gasteiger charge is -2.29. The van der Waals surface area contributed by atoms with Crippen molar-refractivity contribution < 1.29 is 0 Å². The molecule has 0 aliphatic carbocycles. The molecule has 8 aromatic carbocycles. The molecule has 0 radical (unpaired) electrons. The predicted molar refractivity (Wildman–Crippen MR) is 261 cm³/mol. The van der Waals surface area contributed by atoms with Gasteiger partial charge in [0.1, 0.15) is 5.65 Å². The zero-order valence-electron chi connectivity index (χ0n) is 35.3. The lowest BCUT2D eigenvalue weighted by atomic mass is 9.85. The van der Waals surface area contributed by atoms with Crippen LogP contribution < -0.4 is 4.90 Å². The number of fused-ring (bicyclic) bond motifs is 16. The molecular weight excluding hydrogens is 741 g/mol. The molecule has 0 N–H and O–H groups in total. The fourth-order valence-electron chi connectivity index (χ4n) is 10.6. The van der Waals surface area contributed by atoms with E-state index in [1.165, 1.54) is 92.4 Å². The second-order valence-corrected chi connectivity index (χ2v) is 19.3. The minimum Gasteiger partial charge on any atom is -0.308 e. The largest absolute Gasteiger partial charge is 0.308 e. The third-order valence-electron chi connectivity index (χ3n) is 13.6. The van der Waals surface area contributed by atoms with Gasteiger partial charge in [-0.05, 0) is 110 Å². The van der Waals surface area contributed by atoms with Gasteiger partial charge in [-0.15, -0.1) is 0 Å². The van der Waals surface area contributed by atoms with Crippen LogP contribution in [0, 0.1) is 0 Å². The van der Waals surface area contributed by atoms with Gasteiger partial charge in [-0.3, -0.25) is 4.40 Å². The zero-order valence-corrected chi connectivity index (χ0v) is 35.3. The normalized spacial score (nSPS) is 13.1. The van der Waals surface area contributed by atoms with Gasteiger partial charge < -0.3 is 9.30 Å². The first kappa shape index (κ1) is 34.7. The number of anilines is 3. The lowest BCUT2D eigenvalue weighted by molar-refractivity contribution is 0.591. The van der Waals surface area contributed by atoms with E-state index in [1.54, 1.807) is 0 Å². The molecule has 4 heteroatoms. The molecule has 13 rings (SSSR count). The molecule has 0 fully saturated rings. The molecule has 0 aliphatic heterocycles. The van der Waals surface area contributed by atoms with Crippen molar-refractivity contribution in [2.75, 3.05) is 4.90 Å². The number of hydrogen-bond donors (Lipinski definition) is 0. The van der Waals surface area contributed by atoms with Gasteiger partial charge in [0.15, 0.2) is 0 Å². The van der Waals surface area contributed by atoms with E-state index in [9.17, 15) is 0 Å². The van der Waals surface area contributed by atoms with Gasteiger partial charge in [-0.2, -0.15) is 0 Å². The Balaban J connectivity index is 1.28. The van der Waals surface area contributed by atoms with Crippen LogP contribution in [-0.2, 0) is 10.8 Å². The predicted octanol–water partition coefficient (Wildman–Crippen LogP) is 15.8. The summed E-state index contributed by atoms with van der Waals surface area (Å²) in [6.45, 7) is 13.9. The Morgan fingerprint density at radius 3 is 1.61 bits per heavy atom. The number of benzene rings is 8. The van der Waals surface area contributed by atoms with E-state index in [1.807, 2.05) is 0 Å². The van der Waals surface area contributed by atoms with Crippen LogP contribution in [0.2, 0.25) is 0 Å². The van der Waals surface area contributed by atoms with E-state index >= 15 is 0 Å². The average Bonchev–Trinajstić information content (AvgIpc) is 3.98. The molecule has 0 spiro atoms. The second kappa shape index (κ2) is 11.8. The molecule has 61 heavy (non-hydrogen) atoms. The van der Waals surface area contributed by atoms with Crippen molar-refractivity contribution in [3.05, 3.63) is 169 Å². The van der Waals surface area contributed by atoms with Crippen molar-refractivity contribution in [1.82, 2.24) is 13.8 Å². The van der Waals surface area contributed by atoms with Gasteiger partial charge in [-0.25, -0.2) is 4.98 Å². The van der Waals surface area contributed by atoms with Crippen LogP contribution in [0.1, 0.15) is 52.7 Å². The second-order valence-electron chi connectivity index (χ2n) is 19.3. The fraction of sp³-hybridized carbons (Fsp3) is 0.140. The summed E-state index contributed by atoms with van der Waals surface area (Å²) < 4.78 is 5.03. The molecule has 13 aromatic rings. The van der Waals surface area contributed by atoms with Crippen LogP contribution in [0.4, 0.5) is 17.1 Å². The number of hydrogen-bond acceptors (Lipinski definition) is 2. The van der Waals surface area contributed by atoms with Crippen molar-refractivity contribution in [3.63, 3.8) is 0 Å². The molecule has 5 aromatic heterocycles. The maximum Gasteiger partial charge on any atom is 0.146 e. The summed E-state index contributed by atoms with van der Waals surface area (Å²) >= 11 is 0. The first-order valence-corrected chi connectivity index (χ1v) is 21.6. The molecular formula is C57H44N4. The lowest BCUT2D eigenvalue weighted by Crippen LogP contribution is -2.15. The average molecular weight is 785 g/mol. The van der Waals surface area contributed by atoms with Crippen LogP contribution in [0.5, 0.6) is 0 Å². The highest BCUT2D eigenvalue weighted by molar-refractivity contribution is 6.35. The highest BCUT2D eigenvalue weighted by Gasteiger charge is 2.30. The van der Waals surface area contributed by atoms with E-state index in [0.717, 1.165) is 33.7 Å². The van der Waals surface area contributed by atoms with Crippen LogP contribution in [0.3, 0.4) is 0 Å². The van der Waals surface area contributed by atoms with Gasteiger partial charge in [0.2, 0.25) is 0 Å². The number of rotatable bonds is 3. The highest BCUT2D eigenvalue weighted by Crippen LogP contribution is 2.51. The molecule has 0 saturated carbocycles. The molecule has 0 bridgehead atoms. The summed E-state index contributed by atoms with van der Waals surface area (Å²) in [5, 5.41) is 13.7. The first-order chi connectivity index (χ1) is 29.5. The van der Waals surface area contributed by atoms with Crippen molar-refractivity contribution in [2.24, 2.45) is 0 Å². The van der Waals surface area contributed by atoms with Crippen molar-refractivity contribution in [2.45, 2.75) is 52.4 Å². The highest BCUT2D eigenvalue weighted by atomic mass is 15.2. The SMILES string of the molecule is CC(C)(C)c1ccc2c(c1)c1cc3ccccc3c3c4nc5c(cc4n2c13)c1cc2ccccc2c2c3cc(C(C)(C)C)cc(N(c4ccccc4)c4ccccc4)c3n5c12. The third kappa shape index (κ3) is 4.62. The molecule has 0 amide bonds. The topological polar surface area (TPSA) is 24.9 Å². The summed E-state index contributed by atoms with van der Waals surface area (Å²) in [5.74, 6) is 0. The summed E-state index contributed by atoms with van der Waals surface area (Å²) in [5.41, 5.74) is 14.0. The zero-order chi connectivity index (χ0) is 41.1. The van der Waals surface area contributed by atoms with Crippen molar-refractivity contribution in [1.29, 1.82) is 0 Å². The van der Waals surface area contributed by atoms with Crippen molar-refractivity contribution >= 4 is 115 Å². The smallest absolute Gasteiger partial charge is 0.146 e. The Bertz CT molecular complexity index is 3890. The van der Waals surface area contributed by atoms with Gasteiger partial charge >= 0.3 is 0 Å². The van der Waals surface area contributed by atoms with Gasteiger partial charge in [0.25, 0.3) is 0 Å². The standard InChI is InChI=1S/C57H44N4/c1-56(2,3)35-25-26-46-41(29-35)42-27-34-18-14-16-24-40(34)50-51-47(60(46)54(42)50)32-44-43-28-33-17-13-15-23-39(33)49-45-30-36(57(4,5)6)31-48(52(45)61(53(43)49)55(44)58-51)59(37-19-9-7-10-20-37)38-21-11-8-12-22-38/h7-32H,1-6H3. The maximum atomic E-state index is 5.95. The summed E-state index contributed by atoms with van der Waals surface area (Å²) in [7, 11) is 0. The third-order valence-corrected chi connectivity index (χ3v) is 13.6. The Labute approximate surface area is 353 Å². The monoisotopic (exact) mass is 784 g/mol. The molecule has 4 nitrogen and oxygen atoms in total. The number of aromatic nitrogens is 3. The van der Waals surface area contributed by atoms with E-state index < -0.39 is 0 Å². The number of pyridine rings is 1. The van der Waals surface area contributed by atoms with Gasteiger partial charge in [-0.1, -0.05) is 133 Å². The quantitative estimate of drug-likeness (QED) is 0.178. The summed E-state index contributed by atoms with van der Waals surface area (Å²) in [6.07, 6.45) is 0. The molecule has 0 atom stereocenters. The minimum atomic E-state index is -0.103. The Kier molecular flexibility index (Phi) is 6.69. The van der Waals surface area contributed by atoms with Gasteiger partial charge in [0, 0.05) is 49.1 Å². The minimum absolute atomic E-state index is 0.0352. The van der Waals surface area contributed by atoms with Crippen LogP contribution in [0.25, 0.3) is 98.0 Å². The van der Waals surface area contributed by atoms with E-state index in [4.69, 9.17) is 4.98 Å². The van der Waals surface area contributed by atoms with Crippen molar-refractivity contribution in [3.8, 4) is 0 Å². The van der Waals surface area contributed by atoms with Gasteiger partial charge in [0.05, 0.1) is 38.8 Å². The first-order valence-electron chi connectivity index (χ1n) is 21.6. The molecule has 5 heterocycles. The molecule has 292 valence electrons.